The smallest absolute Gasteiger partial charge is 0.325 e. The van der Waals surface area contributed by atoms with Crippen LogP contribution in [0.5, 0.6) is 5.75 Å². The monoisotopic (exact) mass is 1340 g/mol. The Morgan fingerprint density at radius 3 is 1.52 bits per heavy atom. The van der Waals surface area contributed by atoms with Crippen molar-refractivity contribution in [2.24, 2.45) is 39.4 Å². The minimum atomic E-state index is -1.87. The molecule has 510 valence electrons. The van der Waals surface area contributed by atoms with Gasteiger partial charge in [-0.3, -0.25) is 67.3 Å². The zero-order valence-electron chi connectivity index (χ0n) is 51.5. The third-order valence-electron chi connectivity index (χ3n) is 14.5. The van der Waals surface area contributed by atoms with Gasteiger partial charge in [0.25, 0.3) is 0 Å². The molecule has 95 heavy (non-hydrogen) atoms. The van der Waals surface area contributed by atoms with E-state index in [2.05, 4.69) is 80.4 Å². The van der Waals surface area contributed by atoms with Crippen molar-refractivity contribution < 1.29 is 72.5 Å². The van der Waals surface area contributed by atoms with Crippen LogP contribution in [0.25, 0.3) is 10.9 Å². The minimum absolute atomic E-state index is 0.0123. The number of guanidine groups is 1. The molecule has 10 atom stereocenters. The number of H-pyrrole nitrogens is 2. The molecule has 5 rings (SSSR count). The van der Waals surface area contributed by atoms with E-state index in [4.69, 9.17) is 34.4 Å². The van der Waals surface area contributed by atoms with Gasteiger partial charge in [-0.15, -0.1) is 0 Å². The summed E-state index contributed by atoms with van der Waals surface area (Å²) in [5.74, 6) is -14.5. The van der Waals surface area contributed by atoms with Gasteiger partial charge in [0.2, 0.25) is 70.9 Å². The van der Waals surface area contributed by atoms with Crippen molar-refractivity contribution >= 4 is 106 Å². The van der Waals surface area contributed by atoms with Crippen molar-refractivity contribution in [1.82, 2.24) is 62.8 Å². The van der Waals surface area contributed by atoms with Crippen LogP contribution in [-0.2, 0) is 88.0 Å². The average Bonchev–Trinajstić information content (AvgIpc) is 1.80. The molecule has 35 heteroatoms. The molecule has 3 aromatic carbocycles. The van der Waals surface area contributed by atoms with Crippen LogP contribution in [0.2, 0.25) is 0 Å². The lowest BCUT2D eigenvalue weighted by Crippen LogP contribution is -2.61. The number of thiol groups is 1. The quantitative estimate of drug-likeness (QED) is 0.00756. The molecule has 25 N–H and O–H groups in total. The van der Waals surface area contributed by atoms with Gasteiger partial charge in [0, 0.05) is 73.4 Å². The number of rotatable bonds is 39. The molecule has 0 bridgehead atoms. The van der Waals surface area contributed by atoms with Crippen molar-refractivity contribution in [2.45, 2.75) is 132 Å². The number of imidazole rings is 1. The third kappa shape index (κ3) is 24.8. The topological polar surface area (TPSA) is 584 Å². The van der Waals surface area contributed by atoms with E-state index >= 15 is 0 Å². The number of carbonyl (C=O) groups excluding carboxylic acids is 12. The minimum Gasteiger partial charge on any atom is -0.508 e. The summed E-state index contributed by atoms with van der Waals surface area (Å²) in [7, 11) is 0. The van der Waals surface area contributed by atoms with Gasteiger partial charge in [-0.2, -0.15) is 12.6 Å². The first kappa shape index (κ1) is 74.6. The second-order valence-electron chi connectivity index (χ2n) is 22.0. The maximum Gasteiger partial charge on any atom is 0.325 e. The summed E-state index contributed by atoms with van der Waals surface area (Å²) >= 11 is 4.23. The number of hydrogen-bond donors (Lipinski definition) is 20. The molecule has 0 radical (unpaired) electrons. The summed E-state index contributed by atoms with van der Waals surface area (Å²) in [6, 6.07) is 4.89. The van der Waals surface area contributed by atoms with Crippen LogP contribution < -0.4 is 82.3 Å². The summed E-state index contributed by atoms with van der Waals surface area (Å²) in [6.07, 6.45) is 0.594. The fraction of sp³-hybridized carbons (Fsp3) is 0.383. The number of nitrogens with one attached hydrogen (secondary N) is 11. The second-order valence-corrected chi connectivity index (χ2v) is 22.4. The first-order chi connectivity index (χ1) is 45.1. The number of primary amides is 3. The SMILES string of the molecule is C[C@H](NC(=O)[C@H](Cc1ccccc1)NC(=O)[C@H](CC(N)=O)NC(=O)[C@H](CCCN=C(N)N)NC(=O)[C@H](Cc1c[nH]c2ccccc12)NC(=O)[C@H](Cc1cnc[nH]1)NC(=O)[C@H](CC(N)=O)NC(=O)[C@H](CS)NC(=O)[C@H](Cc1ccc(O)cc1)NC(=O)[C@@H](N)CCC(N)=O)C(=O)O. The third-order valence-corrected chi connectivity index (χ3v) is 14.9. The van der Waals surface area contributed by atoms with Crippen LogP contribution in [0.3, 0.4) is 0 Å². The number of hydrogen-bond acceptors (Lipinski definition) is 18. The van der Waals surface area contributed by atoms with Gasteiger partial charge in [-0.1, -0.05) is 60.7 Å². The van der Waals surface area contributed by atoms with Gasteiger partial charge in [-0.05, 0) is 61.1 Å². The summed E-state index contributed by atoms with van der Waals surface area (Å²) in [5.41, 5.74) is 35.8. The molecule has 2 heterocycles. The highest BCUT2D eigenvalue weighted by Crippen LogP contribution is 2.20. The Labute approximate surface area is 548 Å². The van der Waals surface area contributed by atoms with E-state index in [1.54, 1.807) is 60.8 Å². The van der Waals surface area contributed by atoms with Gasteiger partial charge < -0.3 is 102 Å². The Balaban J connectivity index is 1.44. The lowest BCUT2D eigenvalue weighted by Gasteiger charge is -2.28. The number of amides is 12. The first-order valence-corrected chi connectivity index (χ1v) is 30.3. The van der Waals surface area contributed by atoms with Gasteiger partial charge in [0.15, 0.2) is 5.96 Å². The highest BCUT2D eigenvalue weighted by atomic mass is 32.1. The Bertz CT molecular complexity index is 3550. The summed E-state index contributed by atoms with van der Waals surface area (Å²) in [5, 5.41) is 42.2. The maximum atomic E-state index is 15.0. The molecule has 12 amide bonds. The van der Waals surface area contributed by atoms with Gasteiger partial charge in [0.1, 0.15) is 60.1 Å². The molecule has 34 nitrogen and oxygen atoms in total. The number of aromatic hydroxyl groups is 1. The molecule has 0 saturated heterocycles. The molecule has 0 aliphatic rings. The molecule has 0 aliphatic carbocycles. The van der Waals surface area contributed by atoms with Crippen molar-refractivity contribution in [3.8, 4) is 5.75 Å². The molecular weight excluding hydrogens is 1260 g/mol. The van der Waals surface area contributed by atoms with E-state index in [1.807, 2.05) is 0 Å². The molecule has 0 aliphatic heterocycles. The Kier molecular flexibility index (Phi) is 28.9. The summed E-state index contributed by atoms with van der Waals surface area (Å²) in [4.78, 5) is 190. The molecule has 2 aromatic heterocycles. The predicted molar refractivity (Wildman–Crippen MR) is 345 cm³/mol. The lowest BCUT2D eigenvalue weighted by molar-refractivity contribution is -0.142. The van der Waals surface area contributed by atoms with Crippen LogP contribution in [0.1, 0.15) is 67.8 Å². The largest absolute Gasteiger partial charge is 0.508 e. The number of nitrogens with zero attached hydrogens (tertiary/aromatic N) is 2. The van der Waals surface area contributed by atoms with Crippen LogP contribution in [0.15, 0.2) is 103 Å². The fourth-order valence-electron chi connectivity index (χ4n) is 9.47. The molecule has 5 aromatic rings. The first-order valence-electron chi connectivity index (χ1n) is 29.7. The number of benzene rings is 3. The zero-order valence-corrected chi connectivity index (χ0v) is 52.4. The van der Waals surface area contributed by atoms with E-state index in [0.717, 1.165) is 0 Å². The predicted octanol–water partition coefficient (Wildman–Crippen LogP) is -5.34. The number of aromatic amines is 2. The Morgan fingerprint density at radius 1 is 0.526 bits per heavy atom. The van der Waals surface area contributed by atoms with E-state index in [-0.39, 0.29) is 68.9 Å². The number of carbonyl (C=O) groups is 13. The molecule has 0 spiro atoms. The lowest BCUT2D eigenvalue weighted by atomic mass is 10.0. The fourth-order valence-corrected chi connectivity index (χ4v) is 9.73. The Morgan fingerprint density at radius 2 is 0.989 bits per heavy atom. The normalized spacial score (nSPS) is 14.1. The molecular formula is C60H79N19O15S. The average molecular weight is 1340 g/mol. The van der Waals surface area contributed by atoms with E-state index in [9.17, 15) is 72.5 Å². The number of aliphatic carboxylic acids is 1. The summed E-state index contributed by atoms with van der Waals surface area (Å²) in [6.45, 7) is 1.10. The van der Waals surface area contributed by atoms with Crippen LogP contribution in [-0.4, -0.2) is 181 Å². The number of nitrogens with two attached hydrogens (primary N) is 6. The van der Waals surface area contributed by atoms with Gasteiger partial charge in [0.05, 0.1) is 25.2 Å². The molecule has 0 saturated carbocycles. The van der Waals surface area contributed by atoms with Crippen LogP contribution >= 0.6 is 12.6 Å². The second kappa shape index (κ2) is 36.8. The number of phenolic OH excluding ortho intramolecular Hbond substituents is 1. The maximum absolute atomic E-state index is 15.0. The van der Waals surface area contributed by atoms with Crippen LogP contribution in [0.4, 0.5) is 0 Å². The Hall–Kier alpha value is -11.1. The molecule has 0 unspecified atom stereocenters. The number of para-hydroxylation sites is 1. The molecule has 0 fully saturated rings. The van der Waals surface area contributed by atoms with E-state index < -0.39 is 162 Å². The highest BCUT2D eigenvalue weighted by Gasteiger charge is 2.37. The highest BCUT2D eigenvalue weighted by molar-refractivity contribution is 7.80. The van der Waals surface area contributed by atoms with E-state index in [1.165, 1.54) is 43.7 Å². The number of fused-ring (bicyclic) bond motifs is 1. The van der Waals surface area contributed by atoms with Crippen molar-refractivity contribution in [2.75, 3.05) is 12.3 Å². The van der Waals surface area contributed by atoms with Gasteiger partial charge in [-0.25, -0.2) is 4.98 Å². The van der Waals surface area contributed by atoms with Crippen molar-refractivity contribution in [3.05, 3.63) is 120 Å². The zero-order chi connectivity index (χ0) is 69.9. The number of aliphatic imine (C=N–C) groups is 1. The van der Waals surface area contributed by atoms with E-state index in [0.29, 0.717) is 27.6 Å². The summed E-state index contributed by atoms with van der Waals surface area (Å²) < 4.78 is 0. The standard InChI is InChI=1S/C60H79N19O15S/c1-30(59(93)94)71-52(86)40(20-31-8-3-2-4-9-31)74-56(90)44(24-48(63)82)77-51(85)39(12-7-19-68-60(65)66)72-54(88)42(22-33-26-69-38-11-6-5-10-36(33)38)75-55(89)43(23-34-27-67-29-70-34)76-57(91)45(25-49(64)83)78-58(92)46(28-95)79-53(87)41(21-32-13-15-35(80)16-14-32)73-50(84)37(61)17-18-47(62)81/h2-6,8-11,13-16,26-27,29-30,37,39-46,69,80,95H,7,12,17-25,28,61H2,1H3,(H2,62,81)(H2,63,82)(H2,64,83)(H,67,70)(H,71,86)(H,72,88)(H,73,84)(H,74,90)(H,75,89)(H,76,91)(H,77,85)(H,78,92)(H,79,87)(H,93,94)(H4,65,66,68)/t30-,37-,39-,40-,41-,42-,43-,44-,45-,46-/m0/s1. The number of carboxylic acid groups (broad SMARTS) is 1. The van der Waals surface area contributed by atoms with Crippen molar-refractivity contribution in [1.29, 1.82) is 0 Å². The van der Waals surface area contributed by atoms with Crippen LogP contribution in [0, 0.1) is 0 Å². The number of carboxylic acids is 1. The van der Waals surface area contributed by atoms with Gasteiger partial charge >= 0.3 is 5.97 Å². The number of phenols is 1. The number of aromatic nitrogens is 3. The van der Waals surface area contributed by atoms with Crippen molar-refractivity contribution in [3.63, 3.8) is 0 Å².